The van der Waals surface area contributed by atoms with E-state index >= 15 is 0 Å². The Bertz CT molecular complexity index is 1390. The molecule has 0 heterocycles. The Morgan fingerprint density at radius 1 is 0.528 bits per heavy atom. The van der Waals surface area contributed by atoms with Crippen LogP contribution < -0.4 is 21.7 Å². The quantitative estimate of drug-likeness (QED) is 0.0190. The molecule has 0 radical (unpaired) electrons. The van der Waals surface area contributed by atoms with Crippen molar-refractivity contribution in [3.05, 3.63) is 0 Å². The van der Waals surface area contributed by atoms with Crippen molar-refractivity contribution in [1.29, 1.82) is 0 Å². The third kappa shape index (κ3) is 47.2. The first-order valence-electron chi connectivity index (χ1n) is 29.4. The number of amides is 3. The lowest BCUT2D eigenvalue weighted by Crippen LogP contribution is -2.48. The van der Waals surface area contributed by atoms with Crippen LogP contribution in [0.2, 0.25) is 0 Å². The molecule has 0 saturated carbocycles. The van der Waals surface area contributed by atoms with E-state index in [2.05, 4.69) is 48.2 Å². The van der Waals surface area contributed by atoms with Gasteiger partial charge in [-0.15, -0.1) is 0 Å². The summed E-state index contributed by atoms with van der Waals surface area (Å²) in [4.78, 5) is 84.7. The van der Waals surface area contributed by atoms with Crippen LogP contribution in [0, 0.1) is 5.92 Å². The second-order valence-electron chi connectivity index (χ2n) is 20.7. The van der Waals surface area contributed by atoms with Gasteiger partial charge in [0.25, 0.3) is 0 Å². The molecular weight excluding hydrogens is 936 g/mol. The van der Waals surface area contributed by atoms with Crippen molar-refractivity contribution in [3.63, 3.8) is 0 Å². The molecule has 0 aromatic heterocycles. The van der Waals surface area contributed by atoms with E-state index < -0.39 is 44.4 Å². The first-order valence-corrected chi connectivity index (χ1v) is 30.9. The van der Waals surface area contributed by atoms with Crippen LogP contribution in [0.1, 0.15) is 278 Å². The van der Waals surface area contributed by atoms with Crippen LogP contribution in [0.5, 0.6) is 0 Å². The van der Waals surface area contributed by atoms with Crippen molar-refractivity contribution in [3.8, 4) is 0 Å². The van der Waals surface area contributed by atoms with Gasteiger partial charge in [0.15, 0.2) is 0 Å². The third-order valence-electron chi connectivity index (χ3n) is 13.4. The Hall–Kier alpha value is -2.58. The molecule has 0 aromatic carbocycles. The summed E-state index contributed by atoms with van der Waals surface area (Å²) in [5.74, 6) is -1.72. The minimum Gasteiger partial charge on any atom is -0.463 e. The molecule has 0 unspecified atom stereocenters. The molecule has 0 aromatic rings. The Morgan fingerprint density at radius 2 is 0.986 bits per heavy atom. The lowest BCUT2D eigenvalue weighted by Gasteiger charge is -2.22. The van der Waals surface area contributed by atoms with Crippen LogP contribution >= 0.6 is 7.82 Å². The summed E-state index contributed by atoms with van der Waals surface area (Å²) in [7, 11) is -4.85. The van der Waals surface area contributed by atoms with E-state index in [1.807, 2.05) is 0 Å². The fourth-order valence-corrected chi connectivity index (χ4v) is 9.32. The number of carbonyl (C=O) groups excluding carboxylic acids is 5. The second kappa shape index (κ2) is 49.3. The van der Waals surface area contributed by atoms with Crippen LogP contribution in [-0.4, -0.2) is 83.9 Å². The first-order chi connectivity index (χ1) is 34.7. The van der Waals surface area contributed by atoms with Gasteiger partial charge in [-0.25, -0.2) is 4.57 Å². The van der Waals surface area contributed by atoms with Gasteiger partial charge in [0, 0.05) is 32.2 Å². The van der Waals surface area contributed by atoms with Gasteiger partial charge >= 0.3 is 19.8 Å². The van der Waals surface area contributed by atoms with E-state index in [-0.39, 0.29) is 62.6 Å². The van der Waals surface area contributed by atoms with Gasteiger partial charge in [-0.2, -0.15) is 0 Å². The minimum atomic E-state index is -4.85. The molecule has 0 fully saturated rings. The monoisotopic (exact) mass is 1040 g/mol. The number of rotatable bonds is 53. The number of esters is 2. The third-order valence-corrected chi connectivity index (χ3v) is 13.9. The van der Waals surface area contributed by atoms with Gasteiger partial charge in [0.1, 0.15) is 18.8 Å². The normalized spacial score (nSPS) is 13.3. The number of nitrogens with one attached hydrogen (secondary N) is 3. The first kappa shape index (κ1) is 69.4. The minimum absolute atomic E-state index is 0.00950. The van der Waals surface area contributed by atoms with Crippen molar-refractivity contribution in [2.24, 2.45) is 11.7 Å². The summed E-state index contributed by atoms with van der Waals surface area (Å²) in [6.45, 7) is 8.92. The fraction of sp³-hybridized carbons (Fsp3) is 0.911. The fourth-order valence-electron chi connectivity index (χ4n) is 8.97. The highest BCUT2D eigenvalue weighted by molar-refractivity contribution is 7.46. The maximum atomic E-state index is 13.6. The zero-order chi connectivity index (χ0) is 53.3. The second-order valence-corrected chi connectivity index (χ2v) is 21.9. The van der Waals surface area contributed by atoms with Gasteiger partial charge < -0.3 is 40.9 Å². The standard InChI is InChI=1S/C56H109N4O11P/c1-5-8-11-14-17-20-23-26-30-36-48(4)45-52(61)59-49(47-69-54(63)39-33-29-34-42-57)37-35-43-58-56(65)51(41-44-70-72(66,67)68)60-53(62)46-50(38-31-27-24-21-18-15-12-9-6-2)71-55(64)40-32-28-25-22-19-16-13-10-7-3/h48-51H,5-47,57H2,1-4H3,(H,58,65)(H,59,61)(H,60,62)(H2,66,67,68)/t48-,49-,50-,51+/m1/s1. The van der Waals surface area contributed by atoms with Crippen LogP contribution in [0.3, 0.4) is 0 Å². The molecule has 424 valence electrons. The van der Waals surface area contributed by atoms with Crippen molar-refractivity contribution in [2.75, 3.05) is 26.3 Å². The van der Waals surface area contributed by atoms with Crippen molar-refractivity contribution < 1.29 is 52.3 Å². The summed E-state index contributed by atoms with van der Waals surface area (Å²) >= 11 is 0. The van der Waals surface area contributed by atoms with Gasteiger partial charge in [-0.3, -0.25) is 28.5 Å². The smallest absolute Gasteiger partial charge is 0.463 e. The number of phosphoric ester groups is 1. The molecule has 0 rings (SSSR count). The number of hydrogen-bond donors (Lipinski definition) is 6. The summed E-state index contributed by atoms with van der Waals surface area (Å²) in [5, 5.41) is 8.59. The summed E-state index contributed by atoms with van der Waals surface area (Å²) < 4.78 is 27.7. The molecule has 3 amide bonds. The zero-order valence-electron chi connectivity index (χ0n) is 46.3. The molecule has 4 atom stereocenters. The maximum Gasteiger partial charge on any atom is 0.469 e. The lowest BCUT2D eigenvalue weighted by atomic mass is 9.98. The Kier molecular flexibility index (Phi) is 47.5. The largest absolute Gasteiger partial charge is 0.469 e. The highest BCUT2D eigenvalue weighted by Crippen LogP contribution is 2.35. The summed E-state index contributed by atoms with van der Waals surface area (Å²) in [6.07, 6.45) is 35.7. The van der Waals surface area contributed by atoms with Crippen LogP contribution in [0.25, 0.3) is 0 Å². The predicted molar refractivity (Wildman–Crippen MR) is 291 cm³/mol. The lowest BCUT2D eigenvalue weighted by molar-refractivity contribution is -0.151. The van der Waals surface area contributed by atoms with Gasteiger partial charge in [-0.05, 0) is 57.4 Å². The van der Waals surface area contributed by atoms with E-state index in [4.69, 9.17) is 15.2 Å². The SMILES string of the molecule is CCCCCCCCCCCC(=O)O[C@H](CCCCCCCCCCC)CC(=O)N[C@@H](CCOP(=O)(O)O)C(=O)NCCC[C@H](COC(=O)CCCCCN)NC(=O)C[C@H](C)CCCCCCCCCCC. The molecular formula is C56H109N4O11P. The van der Waals surface area contributed by atoms with Gasteiger partial charge in [0.2, 0.25) is 17.7 Å². The van der Waals surface area contributed by atoms with Crippen molar-refractivity contribution >= 4 is 37.5 Å². The molecule has 0 bridgehead atoms. The molecule has 72 heavy (non-hydrogen) atoms. The van der Waals surface area contributed by atoms with E-state index in [0.717, 1.165) is 83.5 Å². The van der Waals surface area contributed by atoms with Crippen molar-refractivity contribution in [2.45, 2.75) is 296 Å². The Morgan fingerprint density at radius 3 is 1.50 bits per heavy atom. The average Bonchev–Trinajstić information content (AvgIpc) is 3.33. The number of ether oxygens (including phenoxy) is 2. The van der Waals surface area contributed by atoms with Crippen LogP contribution in [0.4, 0.5) is 0 Å². The zero-order valence-corrected chi connectivity index (χ0v) is 47.2. The van der Waals surface area contributed by atoms with Gasteiger partial charge in [-0.1, -0.05) is 201 Å². The van der Waals surface area contributed by atoms with E-state index in [1.165, 1.54) is 109 Å². The molecule has 0 spiro atoms. The average molecular weight is 1050 g/mol. The highest BCUT2D eigenvalue weighted by Gasteiger charge is 2.26. The number of carbonyl (C=O) groups is 5. The Balaban J connectivity index is 5.55. The molecule has 16 heteroatoms. The molecule has 7 N–H and O–H groups in total. The maximum absolute atomic E-state index is 13.6. The molecule has 0 saturated heterocycles. The number of phosphoric acid groups is 1. The predicted octanol–water partition coefficient (Wildman–Crippen LogP) is 12.5. The Labute approximate surface area is 438 Å². The van der Waals surface area contributed by atoms with Crippen LogP contribution in [-0.2, 0) is 42.5 Å². The number of hydrogen-bond acceptors (Lipinski definition) is 10. The molecule has 15 nitrogen and oxygen atoms in total. The molecule has 0 aliphatic carbocycles. The van der Waals surface area contributed by atoms with Crippen LogP contribution in [0.15, 0.2) is 0 Å². The van der Waals surface area contributed by atoms with E-state index in [9.17, 15) is 38.3 Å². The van der Waals surface area contributed by atoms with Crippen molar-refractivity contribution in [1.82, 2.24) is 16.0 Å². The number of unbranched alkanes of at least 4 members (excludes halogenated alkanes) is 26. The highest BCUT2D eigenvalue weighted by atomic mass is 31.2. The van der Waals surface area contributed by atoms with E-state index in [1.54, 1.807) is 0 Å². The van der Waals surface area contributed by atoms with E-state index in [0.29, 0.717) is 38.6 Å². The molecule has 0 aliphatic rings. The topological polar surface area (TPSA) is 233 Å². The van der Waals surface area contributed by atoms with Gasteiger partial charge in [0.05, 0.1) is 19.1 Å². The molecule has 0 aliphatic heterocycles. The number of nitrogens with two attached hydrogens (primary N) is 1. The summed E-state index contributed by atoms with van der Waals surface area (Å²) in [5.41, 5.74) is 5.59. The summed E-state index contributed by atoms with van der Waals surface area (Å²) in [6, 6.07) is -1.68.